The molecule has 0 fully saturated rings. The number of rotatable bonds is 5. The number of nitrogen functional groups attached to an aromatic ring is 1. The zero-order chi connectivity index (χ0) is 20.5. The van der Waals surface area contributed by atoms with E-state index in [4.69, 9.17) is 20.4 Å². The molecule has 0 spiro atoms. The van der Waals surface area contributed by atoms with E-state index in [9.17, 15) is 4.79 Å². The largest absolute Gasteiger partial charge is 0.497 e. The molecular weight excluding hydrogens is 366 g/mol. The zero-order valence-corrected chi connectivity index (χ0v) is 16.6. The van der Waals surface area contributed by atoms with Crippen molar-refractivity contribution in [1.82, 2.24) is 19.9 Å². The highest BCUT2D eigenvalue weighted by atomic mass is 16.5. The van der Waals surface area contributed by atoms with Crippen LogP contribution in [0.3, 0.4) is 0 Å². The summed E-state index contributed by atoms with van der Waals surface area (Å²) in [7, 11) is 1.61. The molecule has 2 aromatic carbocycles. The number of fused-ring (bicyclic) bond motifs is 2. The van der Waals surface area contributed by atoms with Gasteiger partial charge in [-0.2, -0.15) is 0 Å². The molecule has 7 heteroatoms. The molecule has 4 aromatic rings. The molecular formula is C22H23N5O2. The van der Waals surface area contributed by atoms with Gasteiger partial charge in [0.25, 0.3) is 5.91 Å². The van der Waals surface area contributed by atoms with Gasteiger partial charge in [0.15, 0.2) is 5.65 Å². The number of nitrogens with zero attached hydrogens (tertiary/aromatic N) is 3. The van der Waals surface area contributed by atoms with Crippen LogP contribution in [-0.4, -0.2) is 33.6 Å². The number of ether oxygens (including phenoxy) is 1. The van der Waals surface area contributed by atoms with Gasteiger partial charge in [0.05, 0.1) is 18.1 Å². The van der Waals surface area contributed by atoms with E-state index in [1.165, 1.54) is 0 Å². The Hall–Kier alpha value is -3.61. The summed E-state index contributed by atoms with van der Waals surface area (Å²) >= 11 is 0. The van der Waals surface area contributed by atoms with Gasteiger partial charge in [0, 0.05) is 11.7 Å². The number of amides is 1. The van der Waals surface area contributed by atoms with Crippen molar-refractivity contribution >= 4 is 33.9 Å². The van der Waals surface area contributed by atoms with Gasteiger partial charge in [-0.05, 0) is 49.7 Å². The van der Waals surface area contributed by atoms with Gasteiger partial charge in [0.2, 0.25) is 0 Å². The fraction of sp³-hybridized carbons (Fsp3) is 0.227. The highest BCUT2D eigenvalue weighted by Crippen LogP contribution is 2.31. The average Bonchev–Trinajstić information content (AvgIpc) is 3.02. The first-order valence-electron chi connectivity index (χ1n) is 9.55. The van der Waals surface area contributed by atoms with Gasteiger partial charge in [0.1, 0.15) is 22.6 Å². The maximum absolute atomic E-state index is 13.0. The second-order valence-corrected chi connectivity index (χ2v) is 6.96. The van der Waals surface area contributed by atoms with E-state index in [2.05, 4.69) is 5.32 Å². The number of carbonyl (C=O) groups is 1. The van der Waals surface area contributed by atoms with Gasteiger partial charge >= 0.3 is 0 Å². The van der Waals surface area contributed by atoms with Crippen LogP contribution in [0, 0.1) is 0 Å². The van der Waals surface area contributed by atoms with E-state index < -0.39 is 0 Å². The topological polar surface area (TPSA) is 95.1 Å². The number of nitrogens with one attached hydrogen (secondary N) is 1. The summed E-state index contributed by atoms with van der Waals surface area (Å²) in [6.07, 6.45) is 0.817. The van der Waals surface area contributed by atoms with Crippen LogP contribution in [0.2, 0.25) is 0 Å². The molecule has 0 radical (unpaired) electrons. The molecule has 0 aliphatic rings. The van der Waals surface area contributed by atoms with Crippen LogP contribution >= 0.6 is 0 Å². The van der Waals surface area contributed by atoms with Crippen LogP contribution in [0.5, 0.6) is 5.75 Å². The Bertz CT molecular complexity index is 1200. The Labute approximate surface area is 168 Å². The lowest BCUT2D eigenvalue weighted by Gasteiger charge is -2.12. The van der Waals surface area contributed by atoms with E-state index in [0.717, 1.165) is 23.4 Å². The maximum atomic E-state index is 13.0. The number of benzene rings is 2. The molecule has 0 bridgehead atoms. The molecule has 2 aromatic heterocycles. The monoisotopic (exact) mass is 389 g/mol. The van der Waals surface area contributed by atoms with Crippen LogP contribution in [0.4, 0.5) is 5.82 Å². The van der Waals surface area contributed by atoms with Gasteiger partial charge < -0.3 is 15.8 Å². The molecule has 2 heterocycles. The number of hydrogen-bond acceptors (Lipinski definition) is 5. The first-order valence-corrected chi connectivity index (χ1v) is 9.55. The summed E-state index contributed by atoms with van der Waals surface area (Å²) in [5.41, 5.74) is 10.1. The summed E-state index contributed by atoms with van der Waals surface area (Å²) in [5.74, 6) is 0.787. The van der Waals surface area contributed by atoms with E-state index in [-0.39, 0.29) is 11.9 Å². The van der Waals surface area contributed by atoms with Gasteiger partial charge in [-0.25, -0.2) is 9.97 Å². The molecule has 7 nitrogen and oxygen atoms in total. The highest BCUT2D eigenvalue weighted by molar-refractivity contribution is 6.11. The minimum absolute atomic E-state index is 0.0229. The van der Waals surface area contributed by atoms with Gasteiger partial charge in [-0.1, -0.05) is 19.1 Å². The van der Waals surface area contributed by atoms with Crippen LogP contribution in [0.1, 0.15) is 30.6 Å². The third kappa shape index (κ3) is 3.24. The SMILES string of the molecule is CC[C@H](C)NC(=O)c1c(N)n(-c2ccc(OC)cc2)c2nc3ccccc3nc12. The molecule has 0 saturated carbocycles. The fourth-order valence-corrected chi connectivity index (χ4v) is 3.28. The summed E-state index contributed by atoms with van der Waals surface area (Å²) in [6.45, 7) is 3.97. The number of hydrogen-bond donors (Lipinski definition) is 2. The molecule has 1 amide bonds. The molecule has 0 unspecified atom stereocenters. The molecule has 0 aliphatic heterocycles. The Balaban J connectivity index is 1.99. The predicted octanol–water partition coefficient (Wildman–Crippen LogP) is 3.69. The van der Waals surface area contributed by atoms with E-state index >= 15 is 0 Å². The van der Waals surface area contributed by atoms with E-state index in [0.29, 0.717) is 28.1 Å². The predicted molar refractivity (Wildman–Crippen MR) is 115 cm³/mol. The van der Waals surface area contributed by atoms with Crippen LogP contribution in [0.15, 0.2) is 48.5 Å². The number of para-hydroxylation sites is 2. The number of nitrogens with two attached hydrogens (primary N) is 1. The summed E-state index contributed by atoms with van der Waals surface area (Å²) < 4.78 is 7.01. The van der Waals surface area contributed by atoms with Crippen molar-refractivity contribution in [1.29, 1.82) is 0 Å². The minimum atomic E-state index is -0.251. The molecule has 1 atom stereocenters. The minimum Gasteiger partial charge on any atom is -0.497 e. The zero-order valence-electron chi connectivity index (χ0n) is 16.6. The smallest absolute Gasteiger partial charge is 0.257 e. The van der Waals surface area contributed by atoms with Crippen molar-refractivity contribution in [2.75, 3.05) is 12.8 Å². The molecule has 0 aliphatic carbocycles. The second kappa shape index (κ2) is 7.43. The first kappa shape index (κ1) is 18.7. The van der Waals surface area contributed by atoms with Gasteiger partial charge in [-0.3, -0.25) is 9.36 Å². The molecule has 148 valence electrons. The third-order valence-corrected chi connectivity index (χ3v) is 5.05. The lowest BCUT2D eigenvalue weighted by Crippen LogP contribution is -2.32. The lowest BCUT2D eigenvalue weighted by molar-refractivity contribution is 0.0941. The number of aromatic nitrogens is 3. The van der Waals surface area contributed by atoms with Crippen molar-refractivity contribution in [3.05, 3.63) is 54.1 Å². The van der Waals surface area contributed by atoms with Crippen molar-refractivity contribution in [2.45, 2.75) is 26.3 Å². The maximum Gasteiger partial charge on any atom is 0.257 e. The van der Waals surface area contributed by atoms with Crippen molar-refractivity contribution in [2.24, 2.45) is 0 Å². The molecule has 4 rings (SSSR count). The Morgan fingerprint density at radius 3 is 2.41 bits per heavy atom. The number of methoxy groups -OCH3 is 1. The summed E-state index contributed by atoms with van der Waals surface area (Å²) in [6, 6.07) is 15.0. The quantitative estimate of drug-likeness (QED) is 0.543. The van der Waals surface area contributed by atoms with Crippen LogP contribution in [0.25, 0.3) is 27.9 Å². The highest BCUT2D eigenvalue weighted by Gasteiger charge is 2.25. The summed E-state index contributed by atoms with van der Waals surface area (Å²) in [4.78, 5) is 22.5. The Kier molecular flexibility index (Phi) is 4.80. The number of carbonyl (C=O) groups excluding carboxylic acids is 1. The normalized spacial score (nSPS) is 12.2. The van der Waals surface area contributed by atoms with Crippen LogP contribution in [-0.2, 0) is 0 Å². The standard InChI is InChI=1S/C22H23N5O2/c1-4-13(2)24-22(28)18-19-21(26-17-8-6-5-7-16(17)25-19)27(20(18)23)14-9-11-15(29-3)12-10-14/h5-13H,4,23H2,1-3H3,(H,24,28)/t13-/m0/s1. The summed E-state index contributed by atoms with van der Waals surface area (Å²) in [5, 5.41) is 2.99. The van der Waals surface area contributed by atoms with Crippen molar-refractivity contribution in [3.8, 4) is 11.4 Å². The second-order valence-electron chi connectivity index (χ2n) is 6.96. The Morgan fingerprint density at radius 1 is 1.14 bits per heavy atom. The van der Waals surface area contributed by atoms with Crippen LogP contribution < -0.4 is 15.8 Å². The first-order chi connectivity index (χ1) is 14.0. The fourth-order valence-electron chi connectivity index (χ4n) is 3.28. The molecule has 3 N–H and O–H groups in total. The third-order valence-electron chi connectivity index (χ3n) is 5.05. The number of anilines is 1. The average molecular weight is 389 g/mol. The van der Waals surface area contributed by atoms with E-state index in [1.807, 2.05) is 62.4 Å². The lowest BCUT2D eigenvalue weighted by atomic mass is 10.2. The van der Waals surface area contributed by atoms with Crippen molar-refractivity contribution in [3.63, 3.8) is 0 Å². The Morgan fingerprint density at radius 2 is 1.79 bits per heavy atom. The molecule has 0 saturated heterocycles. The van der Waals surface area contributed by atoms with E-state index in [1.54, 1.807) is 11.7 Å². The van der Waals surface area contributed by atoms with Gasteiger partial charge in [-0.15, -0.1) is 0 Å². The van der Waals surface area contributed by atoms with Crippen molar-refractivity contribution < 1.29 is 9.53 Å². The molecule has 29 heavy (non-hydrogen) atoms.